The zero-order chi connectivity index (χ0) is 14.7. The third-order valence-electron chi connectivity index (χ3n) is 3.35. The van der Waals surface area contributed by atoms with Crippen molar-refractivity contribution in [2.24, 2.45) is 5.18 Å². The highest BCUT2D eigenvalue weighted by Crippen LogP contribution is 2.29. The van der Waals surface area contributed by atoms with Crippen molar-refractivity contribution in [2.45, 2.75) is 6.04 Å². The molecule has 5 nitrogen and oxygen atoms in total. The molecule has 1 unspecified atom stereocenters. The summed E-state index contributed by atoms with van der Waals surface area (Å²) in [5.74, 6) is 0.226. The number of benzene rings is 2. The summed E-state index contributed by atoms with van der Waals surface area (Å²) in [6.07, 6.45) is 5.33. The first-order chi connectivity index (χ1) is 10.3. The molecule has 5 heteroatoms. The number of rotatable bonds is 4. The molecule has 1 atom stereocenters. The highest BCUT2D eigenvalue weighted by molar-refractivity contribution is 5.43. The predicted molar refractivity (Wildman–Crippen MR) is 79.5 cm³/mol. The molecule has 0 radical (unpaired) electrons. The van der Waals surface area contributed by atoms with Gasteiger partial charge in [0.1, 0.15) is 11.4 Å². The topological polar surface area (TPSA) is 67.5 Å². The van der Waals surface area contributed by atoms with Crippen LogP contribution in [0, 0.1) is 4.91 Å². The summed E-state index contributed by atoms with van der Waals surface area (Å²) in [5.41, 5.74) is 2.41. The Morgan fingerprint density at radius 1 is 1.00 bits per heavy atom. The van der Waals surface area contributed by atoms with Crippen LogP contribution in [0.2, 0.25) is 0 Å². The van der Waals surface area contributed by atoms with Crippen LogP contribution < -0.4 is 0 Å². The third kappa shape index (κ3) is 2.67. The Bertz CT molecular complexity index is 719. The largest absolute Gasteiger partial charge is 0.508 e. The maximum atomic E-state index is 10.5. The zero-order valence-corrected chi connectivity index (χ0v) is 11.1. The highest BCUT2D eigenvalue weighted by Gasteiger charge is 2.15. The minimum absolute atomic E-state index is 0.0752. The minimum atomic E-state index is -0.0752. The molecule has 104 valence electrons. The normalized spacial score (nSPS) is 12.0. The van der Waals surface area contributed by atoms with Gasteiger partial charge in [-0.1, -0.05) is 24.3 Å². The Labute approximate surface area is 121 Å². The number of aromatic nitrogens is 2. The molecule has 0 spiro atoms. The number of nitrogens with zero attached hydrogens (tertiary/aromatic N) is 3. The number of aromatic hydroxyl groups is 1. The minimum Gasteiger partial charge on any atom is -0.508 e. The van der Waals surface area contributed by atoms with Crippen molar-refractivity contribution < 1.29 is 5.11 Å². The van der Waals surface area contributed by atoms with Crippen LogP contribution in [0.4, 0.5) is 5.69 Å². The van der Waals surface area contributed by atoms with Crippen molar-refractivity contribution in [3.05, 3.63) is 83.3 Å². The molecule has 2 aromatic carbocycles. The molecule has 0 aliphatic heterocycles. The molecular weight excluding hydrogens is 266 g/mol. The summed E-state index contributed by atoms with van der Waals surface area (Å²) < 4.78 is 1.97. The molecule has 0 aliphatic rings. The van der Waals surface area contributed by atoms with Gasteiger partial charge in [-0.15, -0.1) is 4.91 Å². The van der Waals surface area contributed by atoms with E-state index in [1.165, 1.54) is 0 Å². The average molecular weight is 279 g/mol. The summed E-state index contributed by atoms with van der Waals surface area (Å²) in [6.45, 7) is 0. The van der Waals surface area contributed by atoms with Gasteiger partial charge in [-0.2, -0.15) is 0 Å². The molecule has 0 aliphatic carbocycles. The monoisotopic (exact) mass is 279 g/mol. The van der Waals surface area contributed by atoms with E-state index in [-0.39, 0.29) is 11.8 Å². The second kappa shape index (κ2) is 5.58. The van der Waals surface area contributed by atoms with Gasteiger partial charge in [-0.3, -0.25) is 0 Å². The van der Waals surface area contributed by atoms with E-state index in [1.807, 2.05) is 35.0 Å². The number of nitroso groups, excluding NO2 is 1. The lowest BCUT2D eigenvalue weighted by atomic mass is 9.98. The summed E-state index contributed by atoms with van der Waals surface area (Å²) >= 11 is 0. The van der Waals surface area contributed by atoms with Crippen LogP contribution in [-0.4, -0.2) is 14.7 Å². The molecule has 3 aromatic rings. The molecule has 0 fully saturated rings. The van der Waals surface area contributed by atoms with E-state index in [9.17, 15) is 10.0 Å². The molecule has 0 bridgehead atoms. The van der Waals surface area contributed by atoms with E-state index in [0.717, 1.165) is 11.1 Å². The maximum Gasteiger partial charge on any atom is 0.115 e. The van der Waals surface area contributed by atoms with E-state index in [1.54, 1.807) is 36.8 Å². The second-order valence-electron chi connectivity index (χ2n) is 4.69. The van der Waals surface area contributed by atoms with Crippen molar-refractivity contribution >= 4 is 5.69 Å². The molecule has 0 saturated heterocycles. The standard InChI is InChI=1S/C16H13N3O2/c20-15-7-3-13(4-8-15)16(19-10-9-17-11-19)12-1-5-14(18-21)6-2-12/h1-11,16,20H. The Hall–Kier alpha value is -2.95. The van der Waals surface area contributed by atoms with E-state index < -0.39 is 0 Å². The predicted octanol–water partition coefficient (Wildman–Crippen LogP) is 3.62. The lowest BCUT2D eigenvalue weighted by Gasteiger charge is -2.19. The lowest BCUT2D eigenvalue weighted by Crippen LogP contribution is -2.10. The SMILES string of the molecule is O=Nc1ccc(C(c2ccc(O)cc2)n2ccnc2)cc1. The van der Waals surface area contributed by atoms with Crippen molar-refractivity contribution in [1.29, 1.82) is 0 Å². The summed E-state index contributed by atoms with van der Waals surface area (Å²) in [7, 11) is 0. The van der Waals surface area contributed by atoms with Gasteiger partial charge < -0.3 is 9.67 Å². The van der Waals surface area contributed by atoms with Gasteiger partial charge in [0.2, 0.25) is 0 Å². The van der Waals surface area contributed by atoms with E-state index in [0.29, 0.717) is 5.69 Å². The summed E-state index contributed by atoms with van der Waals surface area (Å²) in [5, 5.41) is 12.4. The van der Waals surface area contributed by atoms with E-state index >= 15 is 0 Å². The molecule has 0 amide bonds. The van der Waals surface area contributed by atoms with E-state index in [2.05, 4.69) is 10.2 Å². The van der Waals surface area contributed by atoms with Gasteiger partial charge in [-0.05, 0) is 40.6 Å². The average Bonchev–Trinajstić information content (AvgIpc) is 3.04. The molecule has 1 N–H and O–H groups in total. The van der Waals surface area contributed by atoms with Crippen LogP contribution in [0.5, 0.6) is 5.75 Å². The summed E-state index contributed by atoms with van der Waals surface area (Å²) in [4.78, 5) is 14.6. The second-order valence-corrected chi connectivity index (χ2v) is 4.69. The fraction of sp³-hybridized carbons (Fsp3) is 0.0625. The highest BCUT2D eigenvalue weighted by atomic mass is 16.3. The molecule has 1 aromatic heterocycles. The quantitative estimate of drug-likeness (QED) is 0.741. The smallest absolute Gasteiger partial charge is 0.115 e. The van der Waals surface area contributed by atoms with Crippen molar-refractivity contribution in [3.8, 4) is 5.75 Å². The van der Waals surface area contributed by atoms with Crippen LogP contribution >= 0.6 is 0 Å². The van der Waals surface area contributed by atoms with Gasteiger partial charge in [0.05, 0.1) is 12.4 Å². The fourth-order valence-corrected chi connectivity index (χ4v) is 2.33. The van der Waals surface area contributed by atoms with Gasteiger partial charge >= 0.3 is 0 Å². The van der Waals surface area contributed by atoms with Crippen molar-refractivity contribution in [3.63, 3.8) is 0 Å². The number of imidazole rings is 1. The van der Waals surface area contributed by atoms with Gasteiger partial charge in [0, 0.05) is 12.4 Å². The lowest BCUT2D eigenvalue weighted by molar-refractivity contribution is 0.474. The molecular formula is C16H13N3O2. The van der Waals surface area contributed by atoms with Crippen molar-refractivity contribution in [1.82, 2.24) is 9.55 Å². The molecule has 0 saturated carbocycles. The van der Waals surface area contributed by atoms with Crippen LogP contribution in [0.1, 0.15) is 17.2 Å². The third-order valence-corrected chi connectivity index (χ3v) is 3.35. The number of phenolic OH excluding ortho intramolecular Hbond substituents is 1. The molecule has 3 rings (SSSR count). The number of hydrogen-bond donors (Lipinski definition) is 1. The van der Waals surface area contributed by atoms with Crippen LogP contribution in [0.3, 0.4) is 0 Å². The molecule has 1 heterocycles. The van der Waals surface area contributed by atoms with Crippen LogP contribution in [0.15, 0.2) is 72.4 Å². The fourth-order valence-electron chi connectivity index (χ4n) is 2.33. The zero-order valence-electron chi connectivity index (χ0n) is 11.1. The Morgan fingerprint density at radius 2 is 1.62 bits per heavy atom. The maximum absolute atomic E-state index is 10.5. The van der Waals surface area contributed by atoms with Crippen molar-refractivity contribution in [2.75, 3.05) is 0 Å². The first kappa shape index (κ1) is 13.1. The number of phenols is 1. The first-order valence-corrected chi connectivity index (χ1v) is 6.47. The van der Waals surface area contributed by atoms with E-state index in [4.69, 9.17) is 0 Å². The Kier molecular flexibility index (Phi) is 3.47. The summed E-state index contributed by atoms with van der Waals surface area (Å²) in [6, 6.07) is 14.1. The first-order valence-electron chi connectivity index (χ1n) is 6.47. The number of hydrogen-bond acceptors (Lipinski definition) is 4. The van der Waals surface area contributed by atoms with Crippen LogP contribution in [-0.2, 0) is 0 Å². The van der Waals surface area contributed by atoms with Gasteiger partial charge in [0.15, 0.2) is 0 Å². The Morgan fingerprint density at radius 3 is 2.14 bits per heavy atom. The Balaban J connectivity index is 2.07. The molecule has 21 heavy (non-hydrogen) atoms. The van der Waals surface area contributed by atoms with Crippen LogP contribution in [0.25, 0.3) is 0 Å². The van der Waals surface area contributed by atoms with Gasteiger partial charge in [0.25, 0.3) is 0 Å². The van der Waals surface area contributed by atoms with Gasteiger partial charge in [-0.25, -0.2) is 4.98 Å².